The Morgan fingerprint density at radius 1 is 1.48 bits per heavy atom. The number of carbonyl (C=O) groups is 4. The lowest BCUT2D eigenvalue weighted by Crippen LogP contribution is -2.25. The molecule has 23 heavy (non-hydrogen) atoms. The molecule has 0 saturated carbocycles. The third-order valence-corrected chi connectivity index (χ3v) is 5.05. The van der Waals surface area contributed by atoms with Gasteiger partial charge in [-0.05, 0) is 12.8 Å². The van der Waals surface area contributed by atoms with Crippen molar-refractivity contribution >= 4 is 51.0 Å². The first-order valence-corrected chi connectivity index (χ1v) is 8.89. The van der Waals surface area contributed by atoms with Crippen LogP contribution >= 0.6 is 23.1 Å². The van der Waals surface area contributed by atoms with Gasteiger partial charge in [-0.25, -0.2) is 9.78 Å². The maximum absolute atomic E-state index is 12.1. The predicted molar refractivity (Wildman–Crippen MR) is 86.7 cm³/mol. The number of hydrogen-bond acceptors (Lipinski definition) is 8. The number of amides is 1. The van der Waals surface area contributed by atoms with Crippen LogP contribution in [0, 0.1) is 5.92 Å². The van der Waals surface area contributed by atoms with Crippen LogP contribution in [0.5, 0.6) is 0 Å². The predicted octanol–water partition coefficient (Wildman–Crippen LogP) is 1.52. The molecule has 0 radical (unpaired) electrons. The molecule has 1 saturated heterocycles. The number of ketones is 1. The number of carbonyl (C=O) groups excluding carboxylic acids is 4. The van der Waals surface area contributed by atoms with E-state index in [0.29, 0.717) is 23.8 Å². The summed E-state index contributed by atoms with van der Waals surface area (Å²) in [6.07, 6.45) is 0.348. The van der Waals surface area contributed by atoms with Crippen molar-refractivity contribution in [1.82, 2.24) is 4.98 Å². The SMILES string of the molecule is CCOC(=O)C(=O)c1csc(N2CC(CSC(C)=O)CC2=O)n1. The molecule has 1 atom stereocenters. The van der Waals surface area contributed by atoms with Gasteiger partial charge in [0.15, 0.2) is 10.2 Å². The second-order valence-electron chi connectivity index (χ2n) is 4.94. The molecule has 1 aliphatic rings. The van der Waals surface area contributed by atoms with Crippen molar-refractivity contribution in [3.05, 3.63) is 11.1 Å². The van der Waals surface area contributed by atoms with Gasteiger partial charge in [0.25, 0.3) is 5.78 Å². The summed E-state index contributed by atoms with van der Waals surface area (Å²) in [4.78, 5) is 51.9. The van der Waals surface area contributed by atoms with Crippen LogP contribution in [-0.2, 0) is 19.1 Å². The second-order valence-corrected chi connectivity index (χ2v) is 6.98. The van der Waals surface area contributed by atoms with E-state index in [4.69, 9.17) is 0 Å². The summed E-state index contributed by atoms with van der Waals surface area (Å²) in [5.74, 6) is -1.21. The zero-order chi connectivity index (χ0) is 17.0. The summed E-state index contributed by atoms with van der Waals surface area (Å²) >= 11 is 2.33. The van der Waals surface area contributed by atoms with Crippen molar-refractivity contribution in [2.75, 3.05) is 23.8 Å². The number of hydrogen-bond donors (Lipinski definition) is 0. The third kappa shape index (κ3) is 4.38. The fourth-order valence-electron chi connectivity index (χ4n) is 2.11. The van der Waals surface area contributed by atoms with Crippen LogP contribution in [0.1, 0.15) is 30.8 Å². The van der Waals surface area contributed by atoms with Crippen LogP contribution in [0.2, 0.25) is 0 Å². The largest absolute Gasteiger partial charge is 0.460 e. The molecular formula is C14H16N2O5S2. The lowest BCUT2D eigenvalue weighted by atomic mass is 10.1. The summed E-state index contributed by atoms with van der Waals surface area (Å²) in [5, 5.41) is 1.85. The number of rotatable bonds is 6. The van der Waals surface area contributed by atoms with Gasteiger partial charge in [-0.3, -0.25) is 19.3 Å². The van der Waals surface area contributed by atoms with E-state index < -0.39 is 11.8 Å². The molecule has 2 rings (SSSR count). The lowest BCUT2D eigenvalue weighted by molar-refractivity contribution is -0.137. The zero-order valence-electron chi connectivity index (χ0n) is 12.7. The van der Waals surface area contributed by atoms with E-state index in [1.54, 1.807) is 6.92 Å². The fourth-order valence-corrected chi connectivity index (χ4v) is 3.63. The number of nitrogens with zero attached hydrogens (tertiary/aromatic N) is 2. The van der Waals surface area contributed by atoms with Crippen LogP contribution in [-0.4, -0.2) is 46.7 Å². The standard InChI is InChI=1S/C14H16N2O5S2/c1-3-21-13(20)12(19)10-7-23-14(15-10)16-5-9(4-11(16)18)6-22-8(2)17/h7,9H,3-6H2,1-2H3. The van der Waals surface area contributed by atoms with Crippen LogP contribution in [0.4, 0.5) is 5.13 Å². The first-order chi connectivity index (χ1) is 10.9. The summed E-state index contributed by atoms with van der Waals surface area (Å²) in [6, 6.07) is 0. The molecule has 1 unspecified atom stereocenters. The van der Waals surface area contributed by atoms with Crippen molar-refractivity contribution in [1.29, 1.82) is 0 Å². The van der Waals surface area contributed by atoms with E-state index in [-0.39, 0.29) is 29.2 Å². The summed E-state index contributed by atoms with van der Waals surface area (Å²) in [6.45, 7) is 3.67. The Labute approximate surface area is 141 Å². The minimum atomic E-state index is -0.951. The molecule has 1 aliphatic heterocycles. The van der Waals surface area contributed by atoms with Gasteiger partial charge in [-0.15, -0.1) is 11.3 Å². The molecule has 9 heteroatoms. The first kappa shape index (κ1) is 17.6. The summed E-state index contributed by atoms with van der Waals surface area (Å²) in [7, 11) is 0. The molecule has 7 nitrogen and oxygen atoms in total. The highest BCUT2D eigenvalue weighted by atomic mass is 32.2. The van der Waals surface area contributed by atoms with Crippen molar-refractivity contribution in [3.63, 3.8) is 0 Å². The molecule has 124 valence electrons. The van der Waals surface area contributed by atoms with E-state index in [9.17, 15) is 19.2 Å². The average molecular weight is 356 g/mol. The van der Waals surface area contributed by atoms with Crippen molar-refractivity contribution in [2.24, 2.45) is 5.92 Å². The summed E-state index contributed by atoms with van der Waals surface area (Å²) < 4.78 is 4.65. The smallest absolute Gasteiger partial charge is 0.381 e. The quantitative estimate of drug-likeness (QED) is 0.433. The Balaban J connectivity index is 2.03. The summed E-state index contributed by atoms with van der Waals surface area (Å²) in [5.41, 5.74) is -0.0159. The van der Waals surface area contributed by atoms with E-state index in [0.717, 1.165) is 11.3 Å². The topological polar surface area (TPSA) is 93.6 Å². The maximum atomic E-state index is 12.1. The van der Waals surface area contributed by atoms with E-state index in [1.807, 2.05) is 0 Å². The average Bonchev–Trinajstić information content (AvgIpc) is 3.11. The van der Waals surface area contributed by atoms with Gasteiger partial charge in [0, 0.05) is 31.0 Å². The molecule has 0 aliphatic carbocycles. The minimum Gasteiger partial charge on any atom is -0.460 e. The Morgan fingerprint density at radius 3 is 2.87 bits per heavy atom. The molecule has 2 heterocycles. The van der Waals surface area contributed by atoms with Gasteiger partial charge in [0.1, 0.15) is 5.69 Å². The number of esters is 1. The van der Waals surface area contributed by atoms with Crippen LogP contribution in [0.15, 0.2) is 5.38 Å². The van der Waals surface area contributed by atoms with Crippen LogP contribution in [0.3, 0.4) is 0 Å². The molecule has 0 aromatic carbocycles. The number of Topliss-reactive ketones (excluding diaryl/α,β-unsaturated/α-hetero) is 1. The molecule has 1 aromatic heterocycles. The minimum absolute atomic E-state index is 0.0159. The lowest BCUT2D eigenvalue weighted by Gasteiger charge is -2.12. The van der Waals surface area contributed by atoms with E-state index in [1.165, 1.54) is 29.0 Å². The first-order valence-electron chi connectivity index (χ1n) is 7.03. The molecule has 0 N–H and O–H groups in total. The van der Waals surface area contributed by atoms with E-state index in [2.05, 4.69) is 9.72 Å². The molecule has 0 spiro atoms. The monoisotopic (exact) mass is 356 g/mol. The van der Waals surface area contributed by atoms with Crippen molar-refractivity contribution in [2.45, 2.75) is 20.3 Å². The van der Waals surface area contributed by atoms with Crippen LogP contribution in [0.25, 0.3) is 0 Å². The van der Waals surface area contributed by atoms with Gasteiger partial charge < -0.3 is 4.74 Å². The molecule has 0 bridgehead atoms. The molecule has 1 aromatic rings. The van der Waals surface area contributed by atoms with Crippen LogP contribution < -0.4 is 4.90 Å². The Morgan fingerprint density at radius 2 is 2.22 bits per heavy atom. The highest BCUT2D eigenvalue weighted by Gasteiger charge is 2.33. The van der Waals surface area contributed by atoms with Gasteiger partial charge in [0.2, 0.25) is 5.91 Å². The van der Waals surface area contributed by atoms with E-state index >= 15 is 0 Å². The third-order valence-electron chi connectivity index (χ3n) is 3.14. The number of thiazole rings is 1. The van der Waals surface area contributed by atoms with Gasteiger partial charge in [-0.1, -0.05) is 11.8 Å². The number of anilines is 1. The molecular weight excluding hydrogens is 340 g/mol. The van der Waals surface area contributed by atoms with Crippen molar-refractivity contribution in [3.8, 4) is 0 Å². The Kier molecular flexibility index (Phi) is 5.89. The fraction of sp³-hybridized carbons (Fsp3) is 0.500. The molecule has 1 amide bonds. The highest BCUT2D eigenvalue weighted by molar-refractivity contribution is 8.13. The number of thioether (sulfide) groups is 1. The highest BCUT2D eigenvalue weighted by Crippen LogP contribution is 2.29. The van der Waals surface area contributed by atoms with Gasteiger partial charge in [0.05, 0.1) is 6.61 Å². The maximum Gasteiger partial charge on any atom is 0.381 e. The zero-order valence-corrected chi connectivity index (χ0v) is 14.4. The number of ether oxygens (including phenoxy) is 1. The Hall–Kier alpha value is -1.74. The normalized spacial score (nSPS) is 17.4. The number of aromatic nitrogens is 1. The van der Waals surface area contributed by atoms with Crippen molar-refractivity contribution < 1.29 is 23.9 Å². The van der Waals surface area contributed by atoms with Gasteiger partial charge >= 0.3 is 5.97 Å². The Bertz CT molecular complexity index is 643. The molecule has 1 fully saturated rings. The van der Waals surface area contributed by atoms with Gasteiger partial charge in [-0.2, -0.15) is 0 Å². The second kappa shape index (κ2) is 7.69.